The van der Waals surface area contributed by atoms with E-state index in [-0.39, 0.29) is 18.2 Å². The molecule has 0 bridgehead atoms. The SMILES string of the molecule is CCOc1ccccc1C(CC(=O)N1CCCC[C@@H]1C(=O)O)NC(C)=O. The van der Waals surface area contributed by atoms with Crippen LogP contribution in [0.3, 0.4) is 0 Å². The fourth-order valence-electron chi connectivity index (χ4n) is 3.32. The summed E-state index contributed by atoms with van der Waals surface area (Å²) in [5.41, 5.74) is 0.710. The summed E-state index contributed by atoms with van der Waals surface area (Å²) in [4.78, 5) is 37.4. The van der Waals surface area contributed by atoms with Gasteiger partial charge in [-0.05, 0) is 32.3 Å². The summed E-state index contributed by atoms with van der Waals surface area (Å²) in [5, 5.41) is 12.2. The molecule has 1 fully saturated rings. The number of nitrogens with one attached hydrogen (secondary N) is 1. The number of piperidine rings is 1. The average Bonchev–Trinajstić information content (AvgIpc) is 2.61. The second-order valence-electron chi connectivity index (χ2n) is 6.37. The Morgan fingerprint density at radius 3 is 2.69 bits per heavy atom. The standard InChI is InChI=1S/C19H26N2O5/c1-3-26-17-10-5-4-8-14(17)15(20-13(2)22)12-18(23)21-11-7-6-9-16(21)19(24)25/h4-5,8,10,15-16H,3,6-7,9,11-12H2,1-2H3,(H,20,22)(H,24,25)/t15?,16-/m1/s1. The van der Waals surface area contributed by atoms with Gasteiger partial charge in [-0.1, -0.05) is 18.2 Å². The Balaban J connectivity index is 2.23. The smallest absolute Gasteiger partial charge is 0.326 e. The molecule has 1 aliphatic heterocycles. The van der Waals surface area contributed by atoms with Crippen molar-refractivity contribution >= 4 is 17.8 Å². The Hall–Kier alpha value is -2.57. The van der Waals surface area contributed by atoms with Gasteiger partial charge in [0.05, 0.1) is 19.1 Å². The number of carbonyl (C=O) groups excluding carboxylic acids is 2. The molecule has 7 heteroatoms. The van der Waals surface area contributed by atoms with E-state index in [1.165, 1.54) is 11.8 Å². The van der Waals surface area contributed by atoms with Gasteiger partial charge < -0.3 is 20.1 Å². The zero-order valence-corrected chi connectivity index (χ0v) is 15.2. The molecule has 26 heavy (non-hydrogen) atoms. The highest BCUT2D eigenvalue weighted by atomic mass is 16.5. The molecular formula is C19H26N2O5. The zero-order valence-electron chi connectivity index (χ0n) is 15.2. The summed E-state index contributed by atoms with van der Waals surface area (Å²) in [6, 6.07) is 5.88. The van der Waals surface area contributed by atoms with E-state index in [4.69, 9.17) is 4.74 Å². The highest BCUT2D eigenvalue weighted by molar-refractivity contribution is 5.85. The first kappa shape index (κ1) is 19.8. The minimum absolute atomic E-state index is 0.00650. The third kappa shape index (κ3) is 4.97. The summed E-state index contributed by atoms with van der Waals surface area (Å²) in [6.07, 6.45) is 2.04. The average molecular weight is 362 g/mol. The van der Waals surface area contributed by atoms with Crippen molar-refractivity contribution in [2.24, 2.45) is 0 Å². The molecule has 142 valence electrons. The monoisotopic (exact) mass is 362 g/mol. The van der Waals surface area contributed by atoms with Crippen molar-refractivity contribution in [1.29, 1.82) is 0 Å². The molecule has 1 saturated heterocycles. The van der Waals surface area contributed by atoms with Crippen LogP contribution in [0.25, 0.3) is 0 Å². The molecule has 0 aromatic heterocycles. The number of carboxylic acids is 1. The third-order valence-electron chi connectivity index (χ3n) is 4.46. The van der Waals surface area contributed by atoms with Crippen LogP contribution in [0.2, 0.25) is 0 Å². The summed E-state index contributed by atoms with van der Waals surface area (Å²) >= 11 is 0. The van der Waals surface area contributed by atoms with Crippen LogP contribution in [0.4, 0.5) is 0 Å². The normalized spacial score (nSPS) is 18.1. The Kier molecular flexibility index (Phi) is 7.00. The minimum atomic E-state index is -0.983. The molecule has 2 atom stereocenters. The van der Waals surface area contributed by atoms with Crippen molar-refractivity contribution in [2.45, 2.75) is 51.6 Å². The van der Waals surface area contributed by atoms with E-state index < -0.39 is 18.1 Å². The molecule has 1 aliphatic rings. The van der Waals surface area contributed by atoms with Crippen LogP contribution in [0, 0.1) is 0 Å². The number of para-hydroxylation sites is 1. The molecule has 1 aromatic carbocycles. The highest BCUT2D eigenvalue weighted by Crippen LogP contribution is 2.29. The lowest BCUT2D eigenvalue weighted by Gasteiger charge is -2.34. The van der Waals surface area contributed by atoms with Crippen molar-refractivity contribution in [3.05, 3.63) is 29.8 Å². The Bertz CT molecular complexity index is 661. The first-order valence-corrected chi connectivity index (χ1v) is 8.95. The van der Waals surface area contributed by atoms with Crippen LogP contribution in [-0.2, 0) is 14.4 Å². The van der Waals surface area contributed by atoms with Gasteiger partial charge in [0.25, 0.3) is 0 Å². The molecule has 2 N–H and O–H groups in total. The van der Waals surface area contributed by atoms with Crippen LogP contribution in [0.15, 0.2) is 24.3 Å². The van der Waals surface area contributed by atoms with Gasteiger partial charge in [-0.2, -0.15) is 0 Å². The summed E-state index contributed by atoms with van der Waals surface area (Å²) in [5.74, 6) is -0.913. The second kappa shape index (κ2) is 9.22. The Morgan fingerprint density at radius 1 is 1.31 bits per heavy atom. The molecule has 0 aliphatic carbocycles. The number of hydrogen-bond acceptors (Lipinski definition) is 4. The number of carboxylic acid groups (broad SMARTS) is 1. The number of ether oxygens (including phenoxy) is 1. The summed E-state index contributed by atoms with van der Waals surface area (Å²) < 4.78 is 5.62. The Labute approximate surface area is 153 Å². The number of carbonyl (C=O) groups is 3. The number of nitrogens with zero attached hydrogens (tertiary/aromatic N) is 1. The molecular weight excluding hydrogens is 336 g/mol. The van der Waals surface area contributed by atoms with Gasteiger partial charge in [0.15, 0.2) is 0 Å². The van der Waals surface area contributed by atoms with E-state index in [9.17, 15) is 19.5 Å². The maximum absolute atomic E-state index is 12.8. The van der Waals surface area contributed by atoms with Crippen molar-refractivity contribution in [3.63, 3.8) is 0 Å². The predicted molar refractivity (Wildman–Crippen MR) is 95.8 cm³/mol. The zero-order chi connectivity index (χ0) is 19.1. The highest BCUT2D eigenvalue weighted by Gasteiger charge is 2.33. The number of likely N-dealkylation sites (tertiary alicyclic amines) is 1. The number of rotatable bonds is 7. The topological polar surface area (TPSA) is 95.9 Å². The fourth-order valence-corrected chi connectivity index (χ4v) is 3.32. The maximum Gasteiger partial charge on any atom is 0.326 e. The van der Waals surface area contributed by atoms with Crippen molar-refractivity contribution in [3.8, 4) is 5.75 Å². The van der Waals surface area contributed by atoms with E-state index in [0.717, 1.165) is 12.8 Å². The van der Waals surface area contributed by atoms with Crippen LogP contribution >= 0.6 is 0 Å². The first-order valence-electron chi connectivity index (χ1n) is 8.95. The Morgan fingerprint density at radius 2 is 2.04 bits per heavy atom. The van der Waals surface area contributed by atoms with E-state index >= 15 is 0 Å². The van der Waals surface area contributed by atoms with Gasteiger partial charge >= 0.3 is 5.97 Å². The lowest BCUT2D eigenvalue weighted by Crippen LogP contribution is -2.48. The summed E-state index contributed by atoms with van der Waals surface area (Å²) in [6.45, 7) is 4.14. The predicted octanol–water partition coefficient (Wildman–Crippen LogP) is 2.12. The molecule has 2 rings (SSSR count). The van der Waals surface area contributed by atoms with Gasteiger partial charge in [-0.25, -0.2) is 4.79 Å². The van der Waals surface area contributed by atoms with E-state index in [1.54, 1.807) is 6.07 Å². The molecule has 0 radical (unpaired) electrons. The van der Waals surface area contributed by atoms with Crippen LogP contribution in [0.5, 0.6) is 5.75 Å². The van der Waals surface area contributed by atoms with Crippen LogP contribution < -0.4 is 10.1 Å². The summed E-state index contributed by atoms with van der Waals surface area (Å²) in [7, 11) is 0. The van der Waals surface area contributed by atoms with Crippen molar-refractivity contribution in [2.75, 3.05) is 13.2 Å². The third-order valence-corrected chi connectivity index (χ3v) is 4.46. The van der Waals surface area contributed by atoms with Crippen molar-refractivity contribution < 1.29 is 24.2 Å². The van der Waals surface area contributed by atoms with Gasteiger partial charge in [0.2, 0.25) is 11.8 Å². The van der Waals surface area contributed by atoms with E-state index in [0.29, 0.717) is 30.9 Å². The van der Waals surface area contributed by atoms with Gasteiger partial charge in [-0.15, -0.1) is 0 Å². The van der Waals surface area contributed by atoms with Crippen molar-refractivity contribution in [1.82, 2.24) is 10.2 Å². The van der Waals surface area contributed by atoms with Gasteiger partial charge in [-0.3, -0.25) is 9.59 Å². The lowest BCUT2D eigenvalue weighted by molar-refractivity contribution is -0.152. The quantitative estimate of drug-likeness (QED) is 0.774. The largest absolute Gasteiger partial charge is 0.494 e. The van der Waals surface area contributed by atoms with Gasteiger partial charge in [0, 0.05) is 19.0 Å². The first-order chi connectivity index (χ1) is 12.4. The fraction of sp³-hybridized carbons (Fsp3) is 0.526. The molecule has 2 amide bonds. The number of aliphatic carboxylic acids is 1. The van der Waals surface area contributed by atoms with Gasteiger partial charge in [0.1, 0.15) is 11.8 Å². The van der Waals surface area contributed by atoms with E-state index in [2.05, 4.69) is 5.32 Å². The molecule has 7 nitrogen and oxygen atoms in total. The van der Waals surface area contributed by atoms with Crippen LogP contribution in [-0.4, -0.2) is 47.0 Å². The molecule has 0 spiro atoms. The van der Waals surface area contributed by atoms with E-state index in [1.807, 2.05) is 25.1 Å². The molecule has 1 heterocycles. The number of benzene rings is 1. The molecule has 0 saturated carbocycles. The lowest BCUT2D eigenvalue weighted by atomic mass is 9.98. The number of amides is 2. The minimum Gasteiger partial charge on any atom is -0.494 e. The molecule has 1 unspecified atom stereocenters. The van der Waals surface area contributed by atoms with Crippen LogP contribution in [0.1, 0.15) is 51.1 Å². The number of hydrogen-bond donors (Lipinski definition) is 2. The molecule has 1 aromatic rings. The second-order valence-corrected chi connectivity index (χ2v) is 6.37. The maximum atomic E-state index is 12.8.